The molecular formula is C13H23N3O4. The van der Waals surface area contributed by atoms with Crippen LogP contribution in [0.1, 0.15) is 39.5 Å². The van der Waals surface area contributed by atoms with Gasteiger partial charge in [-0.15, -0.1) is 0 Å². The number of hydrogen-bond donors (Lipinski definition) is 4. The van der Waals surface area contributed by atoms with Crippen LogP contribution in [-0.4, -0.2) is 41.6 Å². The minimum Gasteiger partial charge on any atom is -0.481 e. The lowest BCUT2D eigenvalue weighted by molar-refractivity contribution is -0.141. The lowest BCUT2D eigenvalue weighted by atomic mass is 10.0. The Bertz CT molecular complexity index is 369. The summed E-state index contributed by atoms with van der Waals surface area (Å²) in [5, 5.41) is 16.7. The van der Waals surface area contributed by atoms with Crippen molar-refractivity contribution in [2.75, 3.05) is 6.54 Å². The molecule has 0 spiro atoms. The SMILES string of the molecule is CCCC(CNC(=O)NC(C)C(=O)NC1CC1)C(=O)O. The Morgan fingerprint density at radius 3 is 2.45 bits per heavy atom. The first-order valence-corrected chi connectivity index (χ1v) is 7.01. The number of carbonyl (C=O) groups is 3. The maximum Gasteiger partial charge on any atom is 0.315 e. The van der Waals surface area contributed by atoms with E-state index in [2.05, 4.69) is 16.0 Å². The molecular weight excluding hydrogens is 262 g/mol. The summed E-state index contributed by atoms with van der Waals surface area (Å²) in [5.41, 5.74) is 0. The second-order valence-electron chi connectivity index (χ2n) is 5.18. The summed E-state index contributed by atoms with van der Waals surface area (Å²) in [6, 6.07) is -0.911. The summed E-state index contributed by atoms with van der Waals surface area (Å²) < 4.78 is 0. The highest BCUT2D eigenvalue weighted by molar-refractivity contribution is 5.87. The molecule has 0 aromatic carbocycles. The fourth-order valence-electron chi connectivity index (χ4n) is 1.74. The van der Waals surface area contributed by atoms with Gasteiger partial charge in [-0.05, 0) is 26.2 Å². The van der Waals surface area contributed by atoms with Crippen molar-refractivity contribution in [1.82, 2.24) is 16.0 Å². The Morgan fingerprint density at radius 2 is 1.95 bits per heavy atom. The van der Waals surface area contributed by atoms with Crippen LogP contribution in [-0.2, 0) is 9.59 Å². The minimum absolute atomic E-state index is 0.0615. The summed E-state index contributed by atoms with van der Waals surface area (Å²) >= 11 is 0. The minimum atomic E-state index is -0.924. The van der Waals surface area contributed by atoms with Gasteiger partial charge < -0.3 is 21.1 Å². The van der Waals surface area contributed by atoms with E-state index in [0.29, 0.717) is 6.42 Å². The van der Waals surface area contributed by atoms with E-state index in [-0.39, 0.29) is 18.5 Å². The van der Waals surface area contributed by atoms with Crippen LogP contribution in [0.2, 0.25) is 0 Å². The quantitative estimate of drug-likeness (QED) is 0.519. The van der Waals surface area contributed by atoms with Gasteiger partial charge in [0.1, 0.15) is 6.04 Å². The molecule has 7 heteroatoms. The second-order valence-corrected chi connectivity index (χ2v) is 5.18. The van der Waals surface area contributed by atoms with Gasteiger partial charge >= 0.3 is 12.0 Å². The van der Waals surface area contributed by atoms with Crippen LogP contribution < -0.4 is 16.0 Å². The maximum atomic E-state index is 11.6. The smallest absolute Gasteiger partial charge is 0.315 e. The molecule has 3 amide bonds. The molecule has 0 aromatic heterocycles. The lowest BCUT2D eigenvalue weighted by Gasteiger charge is -2.16. The largest absolute Gasteiger partial charge is 0.481 e. The number of nitrogens with one attached hydrogen (secondary N) is 3. The normalized spacial score (nSPS) is 16.9. The second kappa shape index (κ2) is 7.72. The van der Waals surface area contributed by atoms with Crippen LogP contribution in [0.4, 0.5) is 4.79 Å². The third-order valence-electron chi connectivity index (χ3n) is 3.16. The third kappa shape index (κ3) is 5.90. The molecule has 1 rings (SSSR count). The summed E-state index contributed by atoms with van der Waals surface area (Å²) in [6.07, 6.45) is 3.22. The molecule has 2 atom stereocenters. The van der Waals surface area contributed by atoms with Crippen LogP contribution in [0.25, 0.3) is 0 Å². The summed E-state index contributed by atoms with van der Waals surface area (Å²) in [6.45, 7) is 3.55. The van der Waals surface area contributed by atoms with E-state index in [1.165, 1.54) is 0 Å². The fourth-order valence-corrected chi connectivity index (χ4v) is 1.74. The van der Waals surface area contributed by atoms with Gasteiger partial charge in [0.2, 0.25) is 5.91 Å². The number of aliphatic carboxylic acids is 1. The molecule has 0 aliphatic heterocycles. The van der Waals surface area contributed by atoms with E-state index >= 15 is 0 Å². The monoisotopic (exact) mass is 285 g/mol. The lowest BCUT2D eigenvalue weighted by Crippen LogP contribution is -2.49. The van der Waals surface area contributed by atoms with Gasteiger partial charge in [-0.2, -0.15) is 0 Å². The molecule has 114 valence electrons. The zero-order valence-electron chi connectivity index (χ0n) is 11.9. The van der Waals surface area contributed by atoms with E-state index in [0.717, 1.165) is 19.3 Å². The first-order valence-electron chi connectivity index (χ1n) is 7.01. The first-order chi connectivity index (χ1) is 9.43. The molecule has 2 unspecified atom stereocenters. The number of rotatable bonds is 8. The predicted octanol–water partition coefficient (Wildman–Crippen LogP) is 0.454. The van der Waals surface area contributed by atoms with E-state index < -0.39 is 24.0 Å². The number of urea groups is 1. The van der Waals surface area contributed by atoms with Gasteiger partial charge in [0.25, 0.3) is 0 Å². The van der Waals surface area contributed by atoms with Crippen LogP contribution in [0.5, 0.6) is 0 Å². The van der Waals surface area contributed by atoms with Gasteiger partial charge in [-0.1, -0.05) is 13.3 Å². The Balaban J connectivity index is 2.27. The van der Waals surface area contributed by atoms with Crippen LogP contribution >= 0.6 is 0 Å². The highest BCUT2D eigenvalue weighted by atomic mass is 16.4. The first kappa shape index (κ1) is 16.3. The molecule has 1 aliphatic rings. The van der Waals surface area contributed by atoms with E-state index in [4.69, 9.17) is 5.11 Å². The van der Waals surface area contributed by atoms with Crippen LogP contribution in [0.15, 0.2) is 0 Å². The predicted molar refractivity (Wildman–Crippen MR) is 73.2 cm³/mol. The van der Waals surface area contributed by atoms with Gasteiger partial charge in [-0.3, -0.25) is 9.59 Å². The molecule has 0 heterocycles. The van der Waals surface area contributed by atoms with Crippen molar-refractivity contribution in [1.29, 1.82) is 0 Å². The molecule has 0 saturated heterocycles. The number of carboxylic acids is 1. The maximum absolute atomic E-state index is 11.6. The number of amides is 3. The Labute approximate surface area is 118 Å². The summed E-state index contributed by atoms with van der Waals surface area (Å²) in [7, 11) is 0. The van der Waals surface area contributed by atoms with Gasteiger partial charge in [0.05, 0.1) is 5.92 Å². The molecule has 7 nitrogen and oxygen atoms in total. The highest BCUT2D eigenvalue weighted by Gasteiger charge is 2.26. The number of hydrogen-bond acceptors (Lipinski definition) is 3. The van der Waals surface area contributed by atoms with Crippen molar-refractivity contribution in [2.24, 2.45) is 5.92 Å². The fraction of sp³-hybridized carbons (Fsp3) is 0.769. The van der Waals surface area contributed by atoms with E-state index in [9.17, 15) is 14.4 Å². The average Bonchev–Trinajstić information content (AvgIpc) is 3.17. The molecule has 1 aliphatic carbocycles. The summed E-state index contributed by atoms with van der Waals surface area (Å²) in [4.78, 5) is 34.2. The third-order valence-corrected chi connectivity index (χ3v) is 3.16. The van der Waals surface area contributed by atoms with Crippen molar-refractivity contribution < 1.29 is 19.5 Å². The van der Waals surface area contributed by atoms with Crippen LogP contribution in [0.3, 0.4) is 0 Å². The van der Waals surface area contributed by atoms with Crippen molar-refractivity contribution in [3.8, 4) is 0 Å². The molecule has 1 fully saturated rings. The van der Waals surface area contributed by atoms with Crippen molar-refractivity contribution in [2.45, 2.75) is 51.6 Å². The van der Waals surface area contributed by atoms with Crippen molar-refractivity contribution in [3.63, 3.8) is 0 Å². The number of carbonyl (C=O) groups excluding carboxylic acids is 2. The zero-order chi connectivity index (χ0) is 15.1. The Hall–Kier alpha value is -1.79. The molecule has 0 aromatic rings. The molecule has 1 saturated carbocycles. The van der Waals surface area contributed by atoms with E-state index in [1.807, 2.05) is 6.92 Å². The highest BCUT2D eigenvalue weighted by Crippen LogP contribution is 2.18. The molecule has 0 bridgehead atoms. The molecule has 20 heavy (non-hydrogen) atoms. The van der Waals surface area contributed by atoms with E-state index in [1.54, 1.807) is 6.92 Å². The standard InChI is InChI=1S/C13H23N3O4/c1-3-4-9(12(18)19)7-14-13(20)15-8(2)11(17)16-10-5-6-10/h8-10H,3-7H2,1-2H3,(H,16,17)(H,18,19)(H2,14,15,20). The van der Waals surface area contributed by atoms with Gasteiger partial charge in [0.15, 0.2) is 0 Å². The van der Waals surface area contributed by atoms with Crippen molar-refractivity contribution in [3.05, 3.63) is 0 Å². The number of carboxylic acid groups (broad SMARTS) is 1. The van der Waals surface area contributed by atoms with Crippen molar-refractivity contribution >= 4 is 17.9 Å². The Morgan fingerprint density at radius 1 is 1.30 bits per heavy atom. The summed E-state index contributed by atoms with van der Waals surface area (Å²) in [5.74, 6) is -1.74. The zero-order valence-corrected chi connectivity index (χ0v) is 11.9. The average molecular weight is 285 g/mol. The van der Waals surface area contributed by atoms with Gasteiger partial charge in [0, 0.05) is 12.6 Å². The molecule has 0 radical (unpaired) electrons. The molecule has 4 N–H and O–H groups in total. The topological polar surface area (TPSA) is 108 Å². The van der Waals surface area contributed by atoms with Gasteiger partial charge in [-0.25, -0.2) is 4.79 Å². The van der Waals surface area contributed by atoms with Crippen LogP contribution in [0, 0.1) is 5.92 Å². The Kier molecular flexibility index (Phi) is 6.27.